The van der Waals surface area contributed by atoms with Crippen LogP contribution in [-0.4, -0.2) is 25.9 Å². The van der Waals surface area contributed by atoms with Crippen LogP contribution in [0.2, 0.25) is 0 Å². The van der Waals surface area contributed by atoms with Crippen molar-refractivity contribution >= 4 is 16.8 Å². The lowest BCUT2D eigenvalue weighted by Gasteiger charge is -2.04. The maximum Gasteiger partial charge on any atom is 0.336 e. The Morgan fingerprint density at radius 2 is 1.89 bits per heavy atom. The molecule has 0 spiro atoms. The number of fused-ring (bicyclic) bond motifs is 1. The number of benzene rings is 2. The molecule has 2 heterocycles. The molecule has 140 valence electrons. The zero-order valence-corrected chi connectivity index (χ0v) is 14.6. The minimum Gasteiger partial charge on any atom is -0.508 e. The van der Waals surface area contributed by atoms with E-state index >= 15 is 0 Å². The van der Waals surface area contributed by atoms with E-state index in [1.165, 1.54) is 22.9 Å². The van der Waals surface area contributed by atoms with Crippen molar-refractivity contribution in [3.63, 3.8) is 0 Å². The Morgan fingerprint density at radius 3 is 2.71 bits per heavy atom. The lowest BCUT2D eigenvalue weighted by Crippen LogP contribution is -2.10. The van der Waals surface area contributed by atoms with Gasteiger partial charge in [0.2, 0.25) is 0 Å². The fourth-order valence-corrected chi connectivity index (χ4v) is 2.66. The van der Waals surface area contributed by atoms with Gasteiger partial charge in [0.05, 0.1) is 6.20 Å². The predicted molar refractivity (Wildman–Crippen MR) is 99.3 cm³/mol. The van der Waals surface area contributed by atoms with Crippen LogP contribution in [0.5, 0.6) is 11.5 Å². The van der Waals surface area contributed by atoms with Crippen LogP contribution in [0.3, 0.4) is 0 Å². The second kappa shape index (κ2) is 7.36. The maximum absolute atomic E-state index is 12.2. The highest BCUT2D eigenvalue weighted by atomic mass is 16.5. The van der Waals surface area contributed by atoms with Gasteiger partial charge in [0, 0.05) is 23.1 Å². The van der Waals surface area contributed by atoms with Crippen molar-refractivity contribution in [3.05, 3.63) is 82.5 Å². The number of hydrogen-bond acceptors (Lipinski definition) is 7. The molecule has 4 rings (SSSR count). The van der Waals surface area contributed by atoms with E-state index in [1.54, 1.807) is 42.6 Å². The molecule has 8 nitrogen and oxygen atoms in total. The van der Waals surface area contributed by atoms with Crippen LogP contribution in [0.4, 0.5) is 0 Å². The lowest BCUT2D eigenvalue weighted by atomic mass is 10.1. The second-order valence-electron chi connectivity index (χ2n) is 6.12. The minimum absolute atomic E-state index is 0.0267. The molecule has 0 fully saturated rings. The lowest BCUT2D eigenvalue weighted by molar-refractivity contribution is 0.0967. The summed E-state index contributed by atoms with van der Waals surface area (Å²) in [5, 5.41) is 18.0. The van der Waals surface area contributed by atoms with Gasteiger partial charge in [-0.3, -0.25) is 4.79 Å². The van der Waals surface area contributed by atoms with Gasteiger partial charge < -0.3 is 14.3 Å². The summed E-state index contributed by atoms with van der Waals surface area (Å²) in [5.74, 6) is 0.475. The molecule has 0 amide bonds. The van der Waals surface area contributed by atoms with Crippen LogP contribution in [0.25, 0.3) is 11.0 Å². The first kappa shape index (κ1) is 17.5. The Morgan fingerprint density at radius 1 is 1.11 bits per heavy atom. The van der Waals surface area contributed by atoms with Crippen molar-refractivity contribution in [1.82, 2.24) is 15.0 Å². The van der Waals surface area contributed by atoms with Gasteiger partial charge in [-0.05, 0) is 42.5 Å². The fraction of sp³-hybridized carbons (Fsp3) is 0.100. The Labute approximate surface area is 158 Å². The molecule has 0 saturated carbocycles. The Kier molecular flexibility index (Phi) is 4.59. The number of aromatic nitrogens is 3. The Bertz CT molecular complexity index is 1190. The third kappa shape index (κ3) is 3.90. The van der Waals surface area contributed by atoms with Crippen LogP contribution in [0.1, 0.15) is 16.1 Å². The highest BCUT2D eigenvalue weighted by Gasteiger charge is 2.10. The molecule has 8 heteroatoms. The van der Waals surface area contributed by atoms with Gasteiger partial charge in [-0.1, -0.05) is 5.21 Å². The molecule has 1 N–H and O–H groups in total. The second-order valence-corrected chi connectivity index (χ2v) is 6.12. The van der Waals surface area contributed by atoms with E-state index < -0.39 is 5.63 Å². The molecule has 0 aliphatic heterocycles. The largest absolute Gasteiger partial charge is 0.508 e. The third-order valence-corrected chi connectivity index (χ3v) is 4.06. The topological polar surface area (TPSA) is 107 Å². The molecule has 0 saturated heterocycles. The summed E-state index contributed by atoms with van der Waals surface area (Å²) < 4.78 is 12.2. The van der Waals surface area contributed by atoms with Crippen LogP contribution in [0.15, 0.2) is 70.0 Å². The van der Waals surface area contributed by atoms with Crippen LogP contribution in [-0.2, 0) is 13.2 Å². The molecular weight excluding hydrogens is 362 g/mol. The van der Waals surface area contributed by atoms with Crippen molar-refractivity contribution in [2.45, 2.75) is 13.2 Å². The Hall–Kier alpha value is -3.94. The molecule has 4 aromatic rings. The summed E-state index contributed by atoms with van der Waals surface area (Å²) in [6.45, 7) is 0.175. The molecule has 0 aliphatic rings. The first-order valence-corrected chi connectivity index (χ1v) is 8.45. The molecule has 28 heavy (non-hydrogen) atoms. The maximum atomic E-state index is 12.2. The van der Waals surface area contributed by atoms with Gasteiger partial charge in [0.15, 0.2) is 5.78 Å². The van der Waals surface area contributed by atoms with Crippen molar-refractivity contribution in [1.29, 1.82) is 0 Å². The van der Waals surface area contributed by atoms with Gasteiger partial charge in [-0.2, -0.15) is 0 Å². The standard InChI is InChI=1S/C20H15N3O5/c24-16-5-1-13(2-6-16)18(25)11-23-10-15(21-22-23)12-27-17-7-3-14-4-8-20(26)28-19(14)9-17/h1-10,24H,11-12H2. The van der Waals surface area contributed by atoms with Crippen molar-refractivity contribution < 1.29 is 19.1 Å². The van der Waals surface area contributed by atoms with Crippen molar-refractivity contribution in [3.8, 4) is 11.5 Å². The molecule has 0 atom stereocenters. The van der Waals surface area contributed by atoms with Gasteiger partial charge in [-0.15, -0.1) is 5.10 Å². The summed E-state index contributed by atoms with van der Waals surface area (Å²) in [6, 6.07) is 14.3. The monoisotopic (exact) mass is 377 g/mol. The first-order valence-electron chi connectivity index (χ1n) is 8.45. The molecule has 0 bridgehead atoms. The number of phenols is 1. The summed E-state index contributed by atoms with van der Waals surface area (Å²) in [5.41, 5.74) is 1.04. The fourth-order valence-electron chi connectivity index (χ4n) is 2.66. The number of phenolic OH excluding ortho intramolecular Hbond substituents is 1. The normalized spacial score (nSPS) is 10.9. The van der Waals surface area contributed by atoms with Gasteiger partial charge in [-0.25, -0.2) is 9.48 Å². The minimum atomic E-state index is -0.425. The van der Waals surface area contributed by atoms with Gasteiger partial charge >= 0.3 is 5.63 Å². The predicted octanol–water partition coefficient (Wildman–Crippen LogP) is 2.55. The molecule has 0 aliphatic carbocycles. The van der Waals surface area contributed by atoms with Crippen LogP contribution < -0.4 is 10.4 Å². The summed E-state index contributed by atoms with van der Waals surface area (Å²) in [7, 11) is 0. The highest BCUT2D eigenvalue weighted by Crippen LogP contribution is 2.20. The summed E-state index contributed by atoms with van der Waals surface area (Å²) >= 11 is 0. The number of hydrogen-bond donors (Lipinski definition) is 1. The molecule has 0 radical (unpaired) electrons. The van der Waals surface area contributed by atoms with E-state index in [-0.39, 0.29) is 24.7 Å². The number of rotatable bonds is 6. The summed E-state index contributed by atoms with van der Waals surface area (Å²) in [4.78, 5) is 23.5. The number of carbonyl (C=O) groups is 1. The molecular formula is C20H15N3O5. The van der Waals surface area contributed by atoms with E-state index in [0.29, 0.717) is 22.6 Å². The highest BCUT2D eigenvalue weighted by molar-refractivity contribution is 5.95. The molecule has 0 unspecified atom stereocenters. The third-order valence-electron chi connectivity index (χ3n) is 4.06. The van der Waals surface area contributed by atoms with Crippen molar-refractivity contribution in [2.24, 2.45) is 0 Å². The van der Waals surface area contributed by atoms with Gasteiger partial charge in [0.1, 0.15) is 35.9 Å². The quantitative estimate of drug-likeness (QED) is 0.406. The number of Topliss-reactive ketones (excluding diaryl/α,β-unsaturated/α-hetero) is 1. The molecule has 2 aromatic heterocycles. The van der Waals surface area contributed by atoms with E-state index in [4.69, 9.17) is 9.15 Å². The smallest absolute Gasteiger partial charge is 0.336 e. The van der Waals surface area contributed by atoms with Gasteiger partial charge in [0.25, 0.3) is 0 Å². The van der Waals surface area contributed by atoms with E-state index in [1.807, 2.05) is 0 Å². The number of carbonyl (C=O) groups excluding carboxylic acids is 1. The number of ether oxygens (including phenoxy) is 1. The zero-order valence-electron chi connectivity index (χ0n) is 14.6. The number of aromatic hydroxyl groups is 1. The number of nitrogens with zero attached hydrogens (tertiary/aromatic N) is 3. The zero-order chi connectivity index (χ0) is 19.5. The van der Waals surface area contributed by atoms with E-state index in [9.17, 15) is 14.7 Å². The van der Waals surface area contributed by atoms with Crippen molar-refractivity contribution in [2.75, 3.05) is 0 Å². The average Bonchev–Trinajstić information content (AvgIpc) is 3.13. The SMILES string of the molecule is O=C(Cn1cc(COc2ccc3ccc(=O)oc3c2)nn1)c1ccc(O)cc1. The van der Waals surface area contributed by atoms with Crippen LogP contribution >= 0.6 is 0 Å². The average molecular weight is 377 g/mol. The summed E-state index contributed by atoms with van der Waals surface area (Å²) in [6.07, 6.45) is 1.62. The number of ketones is 1. The van der Waals surface area contributed by atoms with E-state index in [2.05, 4.69) is 10.3 Å². The molecule has 2 aromatic carbocycles. The van der Waals surface area contributed by atoms with Crippen LogP contribution in [0, 0.1) is 0 Å². The van der Waals surface area contributed by atoms with E-state index in [0.717, 1.165) is 5.39 Å². The Balaban J connectivity index is 1.40. The first-order chi connectivity index (χ1) is 13.6.